The highest BCUT2D eigenvalue weighted by atomic mass is 16.5. The minimum Gasteiger partial charge on any atom is -0.390 e. The SMILES string of the molecule is CC1CCCC(O)(C2CCOC3(CCOCC3)C2)CC1. The molecule has 2 heterocycles. The maximum Gasteiger partial charge on any atom is 0.0730 e. The molecule has 0 bridgehead atoms. The predicted molar refractivity (Wildman–Crippen MR) is 78.7 cm³/mol. The van der Waals surface area contributed by atoms with E-state index in [0.29, 0.717) is 5.92 Å². The number of ether oxygens (including phenoxy) is 2. The molecule has 2 saturated heterocycles. The molecule has 3 unspecified atom stereocenters. The van der Waals surface area contributed by atoms with Gasteiger partial charge in [-0.05, 0) is 56.8 Å². The highest BCUT2D eigenvalue weighted by molar-refractivity contribution is 4.97. The van der Waals surface area contributed by atoms with Gasteiger partial charge in [0, 0.05) is 19.8 Å². The Balaban J connectivity index is 1.69. The largest absolute Gasteiger partial charge is 0.390 e. The molecule has 1 N–H and O–H groups in total. The number of rotatable bonds is 1. The van der Waals surface area contributed by atoms with Crippen molar-refractivity contribution in [2.24, 2.45) is 11.8 Å². The van der Waals surface area contributed by atoms with Crippen LogP contribution in [-0.4, -0.2) is 36.1 Å². The summed E-state index contributed by atoms with van der Waals surface area (Å²) in [6.07, 6.45) is 9.74. The zero-order valence-corrected chi connectivity index (χ0v) is 12.9. The maximum absolute atomic E-state index is 11.2. The molecule has 0 radical (unpaired) electrons. The highest BCUT2D eigenvalue weighted by Gasteiger charge is 2.46. The van der Waals surface area contributed by atoms with Gasteiger partial charge in [-0.2, -0.15) is 0 Å². The fourth-order valence-electron chi connectivity index (χ4n) is 4.51. The summed E-state index contributed by atoms with van der Waals surface area (Å²) >= 11 is 0. The summed E-state index contributed by atoms with van der Waals surface area (Å²) in [5, 5.41) is 11.2. The molecular weight excluding hydrogens is 252 g/mol. The Kier molecular flexibility index (Phi) is 4.40. The summed E-state index contributed by atoms with van der Waals surface area (Å²) in [5.41, 5.74) is -0.422. The fraction of sp³-hybridized carbons (Fsp3) is 1.00. The molecule has 0 amide bonds. The van der Waals surface area contributed by atoms with Gasteiger partial charge < -0.3 is 14.6 Å². The molecule has 0 aromatic carbocycles. The second-order valence-electron chi connectivity index (χ2n) is 7.47. The van der Waals surface area contributed by atoms with Gasteiger partial charge >= 0.3 is 0 Å². The Labute approximate surface area is 123 Å². The van der Waals surface area contributed by atoms with E-state index in [9.17, 15) is 5.11 Å². The molecule has 1 spiro atoms. The van der Waals surface area contributed by atoms with Crippen molar-refractivity contribution in [3.8, 4) is 0 Å². The minimum absolute atomic E-state index is 0.00875. The maximum atomic E-state index is 11.2. The summed E-state index contributed by atoms with van der Waals surface area (Å²) in [4.78, 5) is 0. The normalized spacial score (nSPS) is 42.3. The van der Waals surface area contributed by atoms with Gasteiger partial charge in [0.25, 0.3) is 0 Å². The van der Waals surface area contributed by atoms with Gasteiger partial charge in [0.05, 0.1) is 11.2 Å². The van der Waals surface area contributed by atoms with Crippen LogP contribution in [0, 0.1) is 11.8 Å². The third-order valence-electron chi connectivity index (χ3n) is 6.03. The molecule has 116 valence electrons. The average Bonchev–Trinajstić information content (AvgIpc) is 2.63. The van der Waals surface area contributed by atoms with Crippen molar-refractivity contribution in [3.05, 3.63) is 0 Å². The Morgan fingerprint density at radius 2 is 1.75 bits per heavy atom. The first-order chi connectivity index (χ1) is 9.62. The van der Waals surface area contributed by atoms with Crippen molar-refractivity contribution in [3.63, 3.8) is 0 Å². The quantitative estimate of drug-likeness (QED) is 0.750. The van der Waals surface area contributed by atoms with Crippen molar-refractivity contribution in [1.29, 1.82) is 0 Å². The van der Waals surface area contributed by atoms with Gasteiger partial charge in [0.15, 0.2) is 0 Å². The highest BCUT2D eigenvalue weighted by Crippen LogP contribution is 2.45. The van der Waals surface area contributed by atoms with E-state index in [2.05, 4.69) is 6.92 Å². The van der Waals surface area contributed by atoms with Crippen molar-refractivity contribution < 1.29 is 14.6 Å². The van der Waals surface area contributed by atoms with E-state index in [4.69, 9.17) is 9.47 Å². The zero-order valence-electron chi connectivity index (χ0n) is 12.9. The lowest BCUT2D eigenvalue weighted by Crippen LogP contribution is -2.50. The Morgan fingerprint density at radius 1 is 0.950 bits per heavy atom. The van der Waals surface area contributed by atoms with Gasteiger partial charge in [-0.3, -0.25) is 0 Å². The molecule has 0 aromatic rings. The summed E-state index contributed by atoms with van der Waals surface area (Å²) < 4.78 is 11.6. The van der Waals surface area contributed by atoms with Crippen molar-refractivity contribution in [2.45, 2.75) is 75.9 Å². The van der Waals surface area contributed by atoms with Gasteiger partial charge in [-0.1, -0.05) is 19.8 Å². The van der Waals surface area contributed by atoms with Crippen LogP contribution in [0.5, 0.6) is 0 Å². The van der Waals surface area contributed by atoms with Crippen LogP contribution in [0.2, 0.25) is 0 Å². The van der Waals surface area contributed by atoms with Gasteiger partial charge in [0.1, 0.15) is 0 Å². The number of hydrogen-bond acceptors (Lipinski definition) is 3. The monoisotopic (exact) mass is 282 g/mol. The van der Waals surface area contributed by atoms with Crippen LogP contribution in [0.1, 0.15) is 64.7 Å². The van der Waals surface area contributed by atoms with E-state index in [1.165, 1.54) is 19.3 Å². The third-order valence-corrected chi connectivity index (χ3v) is 6.03. The molecule has 2 aliphatic heterocycles. The molecule has 3 aliphatic rings. The van der Waals surface area contributed by atoms with E-state index in [1.54, 1.807) is 0 Å². The second kappa shape index (κ2) is 5.94. The molecule has 3 nitrogen and oxygen atoms in total. The molecule has 3 fully saturated rings. The van der Waals surface area contributed by atoms with Gasteiger partial charge in [-0.15, -0.1) is 0 Å². The minimum atomic E-state index is -0.431. The summed E-state index contributed by atoms with van der Waals surface area (Å²) in [7, 11) is 0. The van der Waals surface area contributed by atoms with E-state index >= 15 is 0 Å². The second-order valence-corrected chi connectivity index (χ2v) is 7.47. The zero-order chi connectivity index (χ0) is 14.1. The predicted octanol–water partition coefficient (Wildman–Crippen LogP) is 3.29. The lowest BCUT2D eigenvalue weighted by atomic mass is 9.70. The molecular formula is C17H30O3. The molecule has 3 heteroatoms. The summed E-state index contributed by atoms with van der Waals surface area (Å²) in [6.45, 7) is 4.79. The first kappa shape index (κ1) is 14.8. The number of hydrogen-bond donors (Lipinski definition) is 1. The van der Waals surface area contributed by atoms with E-state index < -0.39 is 5.60 Å². The van der Waals surface area contributed by atoms with E-state index in [0.717, 1.165) is 64.3 Å². The average molecular weight is 282 g/mol. The smallest absolute Gasteiger partial charge is 0.0730 e. The standard InChI is InChI=1S/C17H30O3/c1-14-3-2-6-17(18,7-4-14)15-5-10-20-16(13-15)8-11-19-12-9-16/h14-15,18H,2-13H2,1H3. The van der Waals surface area contributed by atoms with Crippen LogP contribution in [0.25, 0.3) is 0 Å². The van der Waals surface area contributed by atoms with Crippen molar-refractivity contribution >= 4 is 0 Å². The molecule has 20 heavy (non-hydrogen) atoms. The number of aliphatic hydroxyl groups is 1. The first-order valence-electron chi connectivity index (χ1n) is 8.56. The van der Waals surface area contributed by atoms with E-state index in [-0.39, 0.29) is 5.60 Å². The Hall–Kier alpha value is -0.120. The Bertz CT molecular complexity index is 319. The van der Waals surface area contributed by atoms with Crippen LogP contribution < -0.4 is 0 Å². The van der Waals surface area contributed by atoms with Crippen LogP contribution in [0.4, 0.5) is 0 Å². The lowest BCUT2D eigenvalue weighted by molar-refractivity contribution is -0.177. The molecule has 1 aliphatic carbocycles. The van der Waals surface area contributed by atoms with Crippen molar-refractivity contribution in [2.75, 3.05) is 19.8 Å². The fourth-order valence-corrected chi connectivity index (χ4v) is 4.51. The van der Waals surface area contributed by atoms with Crippen LogP contribution in [-0.2, 0) is 9.47 Å². The molecule has 3 atom stereocenters. The lowest BCUT2D eigenvalue weighted by Gasteiger charge is -2.48. The Morgan fingerprint density at radius 3 is 2.55 bits per heavy atom. The van der Waals surface area contributed by atoms with E-state index in [1.807, 2.05) is 0 Å². The van der Waals surface area contributed by atoms with Crippen LogP contribution >= 0.6 is 0 Å². The van der Waals surface area contributed by atoms with Crippen molar-refractivity contribution in [1.82, 2.24) is 0 Å². The van der Waals surface area contributed by atoms with Gasteiger partial charge in [0.2, 0.25) is 0 Å². The summed E-state index contributed by atoms with van der Waals surface area (Å²) in [5.74, 6) is 1.21. The van der Waals surface area contributed by atoms with Crippen LogP contribution in [0.3, 0.4) is 0 Å². The molecule has 1 saturated carbocycles. The topological polar surface area (TPSA) is 38.7 Å². The summed E-state index contributed by atoms with van der Waals surface area (Å²) in [6, 6.07) is 0. The molecule has 0 aromatic heterocycles. The van der Waals surface area contributed by atoms with Gasteiger partial charge in [-0.25, -0.2) is 0 Å². The first-order valence-corrected chi connectivity index (χ1v) is 8.56. The molecule has 3 rings (SSSR count). The van der Waals surface area contributed by atoms with Crippen LogP contribution in [0.15, 0.2) is 0 Å². The third kappa shape index (κ3) is 3.05.